The molecule has 1 rings (SSSR count). The minimum Gasteiger partial charge on any atom is -0.462 e. The first-order valence-corrected chi connectivity index (χ1v) is 11.3. The van der Waals surface area contributed by atoms with Gasteiger partial charge in [-0.25, -0.2) is 9.59 Å². The van der Waals surface area contributed by atoms with Gasteiger partial charge >= 0.3 is 23.5 Å². The number of carbonyl (C=O) groups excluding carboxylic acids is 4. The Hall–Kier alpha value is -2.66. The standard InChI is InChI=1S/C24H34O10/c1-7-29-21(27)23(31-9-3,32-10-4)19(25)17-13-15-18(16-14-17)20(26)24(33-11-5,34-12-6)22(28)30-8-2/h13-16H,7-12H2,1-6H3. The molecule has 34 heavy (non-hydrogen) atoms. The van der Waals surface area contributed by atoms with Crippen molar-refractivity contribution < 1.29 is 47.6 Å². The predicted molar refractivity (Wildman–Crippen MR) is 120 cm³/mol. The fourth-order valence-corrected chi connectivity index (χ4v) is 3.18. The van der Waals surface area contributed by atoms with E-state index in [9.17, 15) is 19.2 Å². The maximum atomic E-state index is 13.3. The van der Waals surface area contributed by atoms with Crippen LogP contribution in [-0.2, 0) is 38.0 Å². The Labute approximate surface area is 199 Å². The molecule has 0 saturated heterocycles. The van der Waals surface area contributed by atoms with Crippen molar-refractivity contribution in [3.8, 4) is 0 Å². The van der Waals surface area contributed by atoms with Gasteiger partial charge in [-0.15, -0.1) is 0 Å². The van der Waals surface area contributed by atoms with Gasteiger partial charge in [0.25, 0.3) is 0 Å². The van der Waals surface area contributed by atoms with Crippen molar-refractivity contribution in [2.75, 3.05) is 39.6 Å². The molecular weight excluding hydrogens is 448 g/mol. The first kappa shape index (κ1) is 29.4. The normalized spacial score (nSPS) is 11.7. The van der Waals surface area contributed by atoms with Crippen molar-refractivity contribution in [2.24, 2.45) is 0 Å². The van der Waals surface area contributed by atoms with E-state index >= 15 is 0 Å². The van der Waals surface area contributed by atoms with Gasteiger partial charge < -0.3 is 28.4 Å². The molecule has 0 atom stereocenters. The van der Waals surface area contributed by atoms with Crippen LogP contribution in [0, 0.1) is 0 Å². The number of ether oxygens (including phenoxy) is 6. The van der Waals surface area contributed by atoms with E-state index in [1.54, 1.807) is 41.5 Å². The van der Waals surface area contributed by atoms with Crippen LogP contribution < -0.4 is 0 Å². The number of benzene rings is 1. The molecule has 1 aromatic rings. The summed E-state index contributed by atoms with van der Waals surface area (Å²) in [6, 6.07) is 5.26. The molecule has 0 saturated carbocycles. The average molecular weight is 483 g/mol. The molecule has 0 aliphatic carbocycles. The topological polar surface area (TPSA) is 124 Å². The lowest BCUT2D eigenvalue weighted by Crippen LogP contribution is -2.53. The average Bonchev–Trinajstić information content (AvgIpc) is 2.83. The summed E-state index contributed by atoms with van der Waals surface area (Å²) in [7, 11) is 0. The van der Waals surface area contributed by atoms with Crippen LogP contribution in [0.1, 0.15) is 62.3 Å². The van der Waals surface area contributed by atoms with Gasteiger partial charge in [-0.1, -0.05) is 24.3 Å². The zero-order valence-corrected chi connectivity index (χ0v) is 20.6. The molecule has 0 heterocycles. The van der Waals surface area contributed by atoms with Gasteiger partial charge in [0.05, 0.1) is 13.2 Å². The van der Waals surface area contributed by atoms with Gasteiger partial charge in [0.1, 0.15) is 0 Å². The quantitative estimate of drug-likeness (QED) is 0.150. The first-order valence-electron chi connectivity index (χ1n) is 11.3. The number of Topliss-reactive ketones (excluding diaryl/α,β-unsaturated/α-hetero) is 2. The number of hydrogen-bond acceptors (Lipinski definition) is 10. The molecule has 1 aromatic carbocycles. The smallest absolute Gasteiger partial charge is 0.375 e. The van der Waals surface area contributed by atoms with Crippen LogP contribution >= 0.6 is 0 Å². The Balaban J connectivity index is 3.42. The molecule has 0 amide bonds. The monoisotopic (exact) mass is 482 g/mol. The molecule has 0 aliphatic heterocycles. The number of carbonyl (C=O) groups is 4. The lowest BCUT2D eigenvalue weighted by Gasteiger charge is -2.30. The van der Waals surface area contributed by atoms with E-state index in [4.69, 9.17) is 28.4 Å². The Morgan fingerprint density at radius 3 is 1.00 bits per heavy atom. The lowest BCUT2D eigenvalue weighted by atomic mass is 9.97. The molecule has 0 radical (unpaired) electrons. The van der Waals surface area contributed by atoms with Crippen LogP contribution in [-0.4, -0.2) is 74.7 Å². The fraction of sp³-hybridized carbons (Fsp3) is 0.583. The SMILES string of the molecule is CCOC(=O)C(OCC)(OCC)C(=O)c1ccc(C(=O)C(OCC)(OCC)C(=O)OCC)cc1. The second kappa shape index (κ2) is 13.9. The minimum absolute atomic E-state index is 0.00585. The summed E-state index contributed by atoms with van der Waals surface area (Å²) in [6.07, 6.45) is 0. The van der Waals surface area contributed by atoms with Gasteiger partial charge in [0.2, 0.25) is 11.6 Å². The summed E-state index contributed by atoms with van der Waals surface area (Å²) in [5, 5.41) is 0. The third kappa shape index (κ3) is 6.26. The van der Waals surface area contributed by atoms with Crippen molar-refractivity contribution in [3.05, 3.63) is 35.4 Å². The minimum atomic E-state index is -2.28. The Morgan fingerprint density at radius 1 is 0.529 bits per heavy atom. The summed E-state index contributed by atoms with van der Waals surface area (Å²) in [6.45, 7) is 9.69. The maximum Gasteiger partial charge on any atom is 0.375 e. The van der Waals surface area contributed by atoms with E-state index in [1.165, 1.54) is 24.3 Å². The van der Waals surface area contributed by atoms with Crippen LogP contribution in [0.3, 0.4) is 0 Å². The van der Waals surface area contributed by atoms with Crippen LogP contribution in [0.25, 0.3) is 0 Å². The molecule has 10 heteroatoms. The van der Waals surface area contributed by atoms with Gasteiger partial charge in [-0.3, -0.25) is 9.59 Å². The van der Waals surface area contributed by atoms with Gasteiger partial charge in [0, 0.05) is 37.6 Å². The van der Waals surface area contributed by atoms with Crippen molar-refractivity contribution >= 4 is 23.5 Å². The summed E-state index contributed by atoms with van der Waals surface area (Å²) in [5.41, 5.74) is 0.0575. The molecule has 10 nitrogen and oxygen atoms in total. The third-order valence-electron chi connectivity index (χ3n) is 4.49. The highest BCUT2D eigenvalue weighted by Crippen LogP contribution is 2.26. The van der Waals surface area contributed by atoms with E-state index < -0.39 is 35.1 Å². The zero-order valence-electron chi connectivity index (χ0n) is 20.6. The second-order valence-corrected chi connectivity index (χ2v) is 6.64. The van der Waals surface area contributed by atoms with Gasteiger partial charge in [-0.2, -0.15) is 0 Å². The van der Waals surface area contributed by atoms with Crippen LogP contribution in [0.5, 0.6) is 0 Å². The molecule has 0 aliphatic rings. The maximum absolute atomic E-state index is 13.3. The molecule has 190 valence electrons. The van der Waals surface area contributed by atoms with E-state index in [0.717, 1.165) is 0 Å². The largest absolute Gasteiger partial charge is 0.462 e. The molecule has 0 N–H and O–H groups in total. The lowest BCUT2D eigenvalue weighted by molar-refractivity contribution is -0.222. The predicted octanol–water partition coefficient (Wildman–Crippen LogP) is 2.72. The van der Waals surface area contributed by atoms with Crippen LogP contribution in [0.15, 0.2) is 24.3 Å². The van der Waals surface area contributed by atoms with E-state index in [0.29, 0.717) is 0 Å². The number of esters is 2. The highest BCUT2D eigenvalue weighted by Gasteiger charge is 2.52. The first-order chi connectivity index (χ1) is 16.2. The molecule has 0 spiro atoms. The van der Waals surface area contributed by atoms with E-state index in [2.05, 4.69) is 0 Å². The Kier molecular flexibility index (Phi) is 12.0. The second-order valence-electron chi connectivity index (χ2n) is 6.64. The van der Waals surface area contributed by atoms with Crippen molar-refractivity contribution in [1.29, 1.82) is 0 Å². The Morgan fingerprint density at radius 2 is 0.794 bits per heavy atom. The van der Waals surface area contributed by atoms with Crippen LogP contribution in [0.2, 0.25) is 0 Å². The molecular formula is C24H34O10. The molecule has 0 unspecified atom stereocenters. The fourth-order valence-electron chi connectivity index (χ4n) is 3.18. The molecule has 0 bridgehead atoms. The van der Waals surface area contributed by atoms with E-state index in [-0.39, 0.29) is 50.8 Å². The highest BCUT2D eigenvalue weighted by atomic mass is 16.7. The van der Waals surface area contributed by atoms with E-state index in [1.807, 2.05) is 0 Å². The zero-order chi connectivity index (χ0) is 25.8. The summed E-state index contributed by atoms with van der Waals surface area (Å²) < 4.78 is 31.8. The summed E-state index contributed by atoms with van der Waals surface area (Å²) in [4.78, 5) is 51.8. The number of ketones is 2. The highest BCUT2D eigenvalue weighted by molar-refractivity contribution is 6.16. The molecule has 0 aromatic heterocycles. The summed E-state index contributed by atoms with van der Waals surface area (Å²) in [5.74, 6) is -8.09. The van der Waals surface area contributed by atoms with Gasteiger partial charge in [-0.05, 0) is 41.5 Å². The summed E-state index contributed by atoms with van der Waals surface area (Å²) >= 11 is 0. The molecule has 0 fully saturated rings. The van der Waals surface area contributed by atoms with Crippen LogP contribution in [0.4, 0.5) is 0 Å². The number of rotatable bonds is 16. The third-order valence-corrected chi connectivity index (χ3v) is 4.49. The van der Waals surface area contributed by atoms with Crippen molar-refractivity contribution in [2.45, 2.75) is 53.1 Å². The Bertz CT molecular complexity index is 750. The van der Waals surface area contributed by atoms with Gasteiger partial charge in [0.15, 0.2) is 0 Å². The number of hydrogen-bond donors (Lipinski definition) is 0. The van der Waals surface area contributed by atoms with Crippen molar-refractivity contribution in [3.63, 3.8) is 0 Å². The van der Waals surface area contributed by atoms with Crippen molar-refractivity contribution in [1.82, 2.24) is 0 Å².